The summed E-state index contributed by atoms with van der Waals surface area (Å²) >= 11 is 1.82. The molecule has 0 fully saturated rings. The Kier molecular flexibility index (Phi) is 13.3. The normalized spacial score (nSPS) is 10.5. The zero-order valence-corrected chi connectivity index (χ0v) is 25.2. The van der Waals surface area contributed by atoms with Gasteiger partial charge < -0.3 is 18.5 Å². The number of nitrogens with zero attached hydrogens (tertiary/aromatic N) is 6. The maximum Gasteiger partial charge on any atom is 0.260 e. The van der Waals surface area contributed by atoms with Crippen LogP contribution in [0.25, 0.3) is 0 Å². The van der Waals surface area contributed by atoms with E-state index in [1.54, 1.807) is 45.4 Å². The molecule has 5 rings (SSSR count). The van der Waals surface area contributed by atoms with E-state index >= 15 is 0 Å². The summed E-state index contributed by atoms with van der Waals surface area (Å²) in [5.74, 6) is 1.69. The molecule has 0 amide bonds. The molecular weight excluding hydrogens is 631 g/mol. The summed E-state index contributed by atoms with van der Waals surface area (Å²) in [6, 6.07) is 26.2. The summed E-state index contributed by atoms with van der Waals surface area (Å²) in [6.45, 7) is 5.93. The van der Waals surface area contributed by atoms with Crippen LogP contribution >= 0.6 is 17.6 Å². The van der Waals surface area contributed by atoms with Crippen molar-refractivity contribution in [1.82, 2.24) is 29.1 Å². The van der Waals surface area contributed by atoms with Gasteiger partial charge in [-0.05, 0) is 68.3 Å². The van der Waals surface area contributed by atoms with E-state index in [0.717, 1.165) is 0 Å². The average Bonchev–Trinajstić information content (AvgIpc) is 3.82. The third-order valence-electron chi connectivity index (χ3n) is 5.32. The Hall–Kier alpha value is -3.57. The van der Waals surface area contributed by atoms with Gasteiger partial charge in [0.15, 0.2) is 0 Å². The molecule has 8 nitrogen and oxygen atoms in total. The van der Waals surface area contributed by atoms with Crippen LogP contribution in [0.5, 0.6) is 0 Å². The second-order valence-corrected chi connectivity index (χ2v) is 9.98. The smallest absolute Gasteiger partial charge is 0.260 e. The Morgan fingerprint density at radius 2 is 1.27 bits per heavy atom. The molecule has 0 aliphatic carbocycles. The van der Waals surface area contributed by atoms with Crippen LogP contribution < -0.4 is 10.6 Å². The van der Waals surface area contributed by atoms with Crippen LogP contribution in [0.3, 0.4) is 0 Å². The molecular formula is C28H28BClN6O2PRu. The van der Waals surface area contributed by atoms with Gasteiger partial charge in [0.2, 0.25) is 0 Å². The first-order valence-corrected chi connectivity index (χ1v) is 15.9. The Bertz CT molecular complexity index is 1300. The van der Waals surface area contributed by atoms with Gasteiger partial charge in [-0.15, -0.1) is 0 Å². The van der Waals surface area contributed by atoms with Crippen molar-refractivity contribution in [2.45, 2.75) is 6.92 Å². The van der Waals surface area contributed by atoms with E-state index in [0.29, 0.717) is 12.2 Å². The predicted octanol–water partition coefficient (Wildman–Crippen LogP) is 4.65. The largest absolute Gasteiger partial charge is 0.425 e. The van der Waals surface area contributed by atoms with Crippen molar-refractivity contribution >= 4 is 41.3 Å². The third kappa shape index (κ3) is 8.99. The molecule has 0 unspecified atom stereocenters. The van der Waals surface area contributed by atoms with Crippen molar-refractivity contribution in [3.8, 4) is 0 Å². The van der Waals surface area contributed by atoms with Crippen molar-refractivity contribution in [2.24, 2.45) is 0 Å². The quantitative estimate of drug-likeness (QED) is 0.0758. The van der Waals surface area contributed by atoms with E-state index < -0.39 is 7.92 Å². The molecule has 0 saturated carbocycles. The maximum atomic E-state index is 11.7. The summed E-state index contributed by atoms with van der Waals surface area (Å²) in [5, 5.41) is 15.1. The van der Waals surface area contributed by atoms with Gasteiger partial charge in [-0.3, -0.25) is 0 Å². The first-order valence-electron chi connectivity index (χ1n) is 12.2. The second-order valence-electron chi connectivity index (χ2n) is 7.91. The van der Waals surface area contributed by atoms with Crippen LogP contribution in [0, 0.1) is 0 Å². The number of carbonyl (C=O) groups is 1. The maximum absolute atomic E-state index is 11.7. The molecule has 40 heavy (non-hydrogen) atoms. The van der Waals surface area contributed by atoms with Gasteiger partial charge in [-0.2, -0.15) is 0 Å². The standard InChI is InChI=1S/C19H19O2P.C9H9BN6.ClH.Ru/c1-3-21-19(20)16(2)14-15-22(17-10-6-4-7-11-17)18-12-8-5-9-13-18;1-4-11-14(7-1)10(15-8-2-5-12-15)16-9-3-6-13-16;;/h4-15H,2-3H2,1H3;1-9H;1H;/q;-1;;+2/p-1/b15-14-;;;. The number of hydrogen-bond donors (Lipinski definition) is 0. The van der Waals surface area contributed by atoms with Crippen LogP contribution in [0.2, 0.25) is 0 Å². The number of hydrogen-bond acceptors (Lipinski definition) is 5. The number of halogens is 1. The van der Waals surface area contributed by atoms with E-state index in [1.807, 2.05) is 90.5 Å². The molecule has 205 valence electrons. The minimum atomic E-state index is -0.667. The van der Waals surface area contributed by atoms with Crippen molar-refractivity contribution in [2.75, 3.05) is 6.61 Å². The van der Waals surface area contributed by atoms with Gasteiger partial charge in [-0.25, -0.2) is 20.1 Å². The molecule has 0 saturated heterocycles. The van der Waals surface area contributed by atoms with Gasteiger partial charge in [-0.1, -0.05) is 73.1 Å². The van der Waals surface area contributed by atoms with Crippen molar-refractivity contribution in [3.63, 3.8) is 0 Å². The van der Waals surface area contributed by atoms with Gasteiger partial charge >= 0.3 is 33.0 Å². The topological polar surface area (TPSA) is 79.8 Å². The zero-order chi connectivity index (χ0) is 28.6. The van der Waals surface area contributed by atoms with E-state index in [4.69, 9.17) is 4.74 Å². The summed E-state index contributed by atoms with van der Waals surface area (Å²) in [5.41, 5.74) is 0.376. The summed E-state index contributed by atoms with van der Waals surface area (Å²) in [4.78, 5) is 11.7. The first kappa shape index (κ1) is 31.0. The van der Waals surface area contributed by atoms with E-state index in [9.17, 15) is 4.79 Å². The zero-order valence-electron chi connectivity index (χ0n) is 21.8. The molecule has 0 bridgehead atoms. The molecule has 12 heteroatoms. The Labute approximate surface area is 249 Å². The minimum absolute atomic E-state index is 0.194. The fourth-order valence-electron chi connectivity index (χ4n) is 3.57. The number of ether oxygens (including phenoxy) is 1. The number of carbonyl (C=O) groups excluding carboxylic acids is 1. The van der Waals surface area contributed by atoms with Crippen molar-refractivity contribution in [3.05, 3.63) is 140 Å². The number of rotatable bonds is 9. The molecule has 3 aromatic heterocycles. The molecule has 2 aromatic carbocycles. The molecule has 1 radical (unpaired) electrons. The monoisotopic (exact) mass is 659 g/mol. The molecule has 0 spiro atoms. The number of benzene rings is 2. The molecule has 0 aliphatic rings. The first-order chi connectivity index (χ1) is 19.7. The van der Waals surface area contributed by atoms with E-state index in [-0.39, 0.29) is 13.1 Å². The Morgan fingerprint density at radius 3 is 1.62 bits per heavy atom. The van der Waals surface area contributed by atoms with Crippen LogP contribution in [0.4, 0.5) is 0 Å². The van der Waals surface area contributed by atoms with Crippen LogP contribution in [0.15, 0.2) is 140 Å². The van der Waals surface area contributed by atoms with Crippen molar-refractivity contribution < 1.29 is 26.8 Å². The average molecular weight is 659 g/mol. The predicted molar refractivity (Wildman–Crippen MR) is 158 cm³/mol. The second kappa shape index (κ2) is 17.2. The number of esters is 1. The van der Waals surface area contributed by atoms with Gasteiger partial charge in [0.1, 0.15) is 0 Å². The fraction of sp³-hybridized carbons (Fsp3) is 0.0714. The summed E-state index contributed by atoms with van der Waals surface area (Å²) in [6.07, 6.45) is 12.6. The summed E-state index contributed by atoms with van der Waals surface area (Å²) < 4.78 is 10.3. The molecule has 0 aliphatic heterocycles. The van der Waals surface area contributed by atoms with Gasteiger partial charge in [0.05, 0.1) is 12.2 Å². The van der Waals surface area contributed by atoms with Crippen LogP contribution in [-0.4, -0.2) is 48.8 Å². The third-order valence-corrected chi connectivity index (χ3v) is 7.47. The van der Waals surface area contributed by atoms with Crippen molar-refractivity contribution in [1.29, 1.82) is 0 Å². The summed E-state index contributed by atoms with van der Waals surface area (Å²) in [7, 11) is 3.71. The molecule has 3 heterocycles. The molecule has 5 aromatic rings. The van der Waals surface area contributed by atoms with E-state index in [2.05, 4.69) is 61.6 Å². The Morgan fingerprint density at radius 1 is 0.850 bits per heavy atom. The molecule has 0 N–H and O–H groups in total. The Balaban J connectivity index is 0.000000216. The number of aromatic nitrogens is 6. The van der Waals surface area contributed by atoms with E-state index in [1.165, 1.54) is 10.6 Å². The minimum Gasteiger partial charge on any atom is -0.425 e. The fourth-order valence-corrected chi connectivity index (χ4v) is 5.53. The molecule has 0 atom stereocenters. The van der Waals surface area contributed by atoms with Crippen LogP contribution in [0.1, 0.15) is 6.92 Å². The SMILES string of the molecule is C=C(/C=C\P(c1ccccc1)c1ccccc1)C(=O)OCC.[Cl][Ru+].c1cnn([B-](n2cccn2)n2cccn2)c1. The van der Waals surface area contributed by atoms with Gasteiger partial charge in [0, 0.05) is 18.6 Å². The van der Waals surface area contributed by atoms with Gasteiger partial charge in [0.25, 0.3) is 7.12 Å². The van der Waals surface area contributed by atoms with Crippen LogP contribution in [-0.2, 0) is 26.8 Å².